The van der Waals surface area contributed by atoms with Crippen LogP contribution < -0.4 is 0 Å². The van der Waals surface area contributed by atoms with E-state index in [0.29, 0.717) is 11.8 Å². The van der Waals surface area contributed by atoms with Crippen LogP contribution in [-0.4, -0.2) is 49.6 Å². The van der Waals surface area contributed by atoms with Crippen LogP contribution in [0.25, 0.3) is 17.1 Å². The fourth-order valence-corrected chi connectivity index (χ4v) is 4.91. The van der Waals surface area contributed by atoms with Gasteiger partial charge in [-0.05, 0) is 57.0 Å². The Morgan fingerprint density at radius 3 is 2.56 bits per heavy atom. The number of ether oxygens (including phenoxy) is 1. The molecule has 0 aliphatic carbocycles. The normalized spacial score (nSPS) is 11.2. The van der Waals surface area contributed by atoms with Crippen LogP contribution >= 0.6 is 11.8 Å². The van der Waals surface area contributed by atoms with Crippen molar-refractivity contribution in [3.05, 3.63) is 77.4 Å². The summed E-state index contributed by atoms with van der Waals surface area (Å²) in [6.45, 7) is 7.64. The van der Waals surface area contributed by atoms with Gasteiger partial charge in [0.05, 0.1) is 11.4 Å². The summed E-state index contributed by atoms with van der Waals surface area (Å²) in [5.74, 6) is 1.09. The minimum absolute atomic E-state index is 0.0842. The lowest BCUT2D eigenvalue weighted by Gasteiger charge is -2.12. The molecule has 34 heavy (non-hydrogen) atoms. The van der Waals surface area contributed by atoms with E-state index in [1.54, 1.807) is 19.5 Å². The summed E-state index contributed by atoms with van der Waals surface area (Å²) in [5, 5.41) is 9.61. The van der Waals surface area contributed by atoms with E-state index in [9.17, 15) is 4.79 Å². The van der Waals surface area contributed by atoms with Gasteiger partial charge in [0.25, 0.3) is 0 Å². The summed E-state index contributed by atoms with van der Waals surface area (Å²) in [4.78, 5) is 17.3. The molecule has 176 valence electrons. The number of carbonyl (C=O) groups is 1. The largest absolute Gasteiger partial charge is 0.385 e. The van der Waals surface area contributed by atoms with Gasteiger partial charge in [0, 0.05) is 55.2 Å². The third kappa shape index (κ3) is 4.98. The number of aromatic nitrogens is 5. The van der Waals surface area contributed by atoms with Crippen molar-refractivity contribution in [3.63, 3.8) is 0 Å². The number of aryl methyl sites for hydroxylation is 2. The highest BCUT2D eigenvalue weighted by Gasteiger charge is 2.20. The SMILES string of the molecule is COCCCn1c(C)cc(C(=O)CSc2nnc(-c3ccncc3)n2-c2ccccc2C)c1C. The Morgan fingerprint density at radius 2 is 1.82 bits per heavy atom. The highest BCUT2D eigenvalue weighted by atomic mass is 32.2. The van der Waals surface area contributed by atoms with Gasteiger partial charge in [-0.25, -0.2) is 0 Å². The third-order valence-corrected chi connectivity index (χ3v) is 6.79. The number of hydrogen-bond acceptors (Lipinski definition) is 6. The lowest BCUT2D eigenvalue weighted by molar-refractivity contribution is 0.102. The van der Waals surface area contributed by atoms with Crippen molar-refractivity contribution in [2.24, 2.45) is 0 Å². The van der Waals surface area contributed by atoms with Gasteiger partial charge in [0.2, 0.25) is 0 Å². The Morgan fingerprint density at radius 1 is 1.06 bits per heavy atom. The maximum absolute atomic E-state index is 13.2. The second kappa shape index (κ2) is 10.8. The average Bonchev–Trinajstić information content (AvgIpc) is 3.39. The molecule has 0 bridgehead atoms. The Balaban J connectivity index is 1.61. The zero-order valence-corrected chi connectivity index (χ0v) is 20.8. The molecule has 0 saturated heterocycles. The number of ketones is 1. The number of Topliss-reactive ketones (excluding diaryl/α,β-unsaturated/α-hetero) is 1. The minimum Gasteiger partial charge on any atom is -0.385 e. The van der Waals surface area contributed by atoms with E-state index < -0.39 is 0 Å². The molecule has 3 aromatic heterocycles. The fourth-order valence-electron chi connectivity index (χ4n) is 4.09. The molecule has 4 rings (SSSR count). The summed E-state index contributed by atoms with van der Waals surface area (Å²) in [6.07, 6.45) is 4.39. The smallest absolute Gasteiger partial charge is 0.196 e. The van der Waals surface area contributed by atoms with Gasteiger partial charge >= 0.3 is 0 Å². The molecule has 0 atom stereocenters. The zero-order chi connectivity index (χ0) is 24.1. The topological polar surface area (TPSA) is 74.8 Å². The number of thioether (sulfide) groups is 1. The van der Waals surface area contributed by atoms with Gasteiger partial charge in [-0.3, -0.25) is 14.3 Å². The maximum atomic E-state index is 13.2. The molecule has 0 aliphatic rings. The van der Waals surface area contributed by atoms with E-state index in [1.165, 1.54) is 11.8 Å². The van der Waals surface area contributed by atoms with Gasteiger partial charge in [-0.2, -0.15) is 0 Å². The molecule has 0 fully saturated rings. The van der Waals surface area contributed by atoms with Crippen LogP contribution in [0.5, 0.6) is 0 Å². The Labute approximate surface area is 204 Å². The fraction of sp³-hybridized carbons (Fsp3) is 0.308. The van der Waals surface area contributed by atoms with Crippen molar-refractivity contribution in [1.29, 1.82) is 0 Å². The van der Waals surface area contributed by atoms with Crippen LogP contribution in [0.15, 0.2) is 60.0 Å². The molecule has 0 aliphatic heterocycles. The molecule has 0 unspecified atom stereocenters. The second-order valence-electron chi connectivity index (χ2n) is 8.16. The Kier molecular flexibility index (Phi) is 7.59. The number of hydrogen-bond donors (Lipinski definition) is 0. The zero-order valence-electron chi connectivity index (χ0n) is 20.0. The lowest BCUT2D eigenvalue weighted by atomic mass is 10.2. The van der Waals surface area contributed by atoms with Crippen molar-refractivity contribution >= 4 is 17.5 Å². The van der Waals surface area contributed by atoms with Crippen LogP contribution in [0.3, 0.4) is 0 Å². The molecule has 0 amide bonds. The monoisotopic (exact) mass is 475 g/mol. The van der Waals surface area contributed by atoms with Gasteiger partial charge in [0.1, 0.15) is 0 Å². The molecular weight excluding hydrogens is 446 g/mol. The highest BCUT2D eigenvalue weighted by molar-refractivity contribution is 7.99. The van der Waals surface area contributed by atoms with Gasteiger partial charge in [-0.15, -0.1) is 10.2 Å². The van der Waals surface area contributed by atoms with E-state index >= 15 is 0 Å². The molecule has 0 spiro atoms. The minimum atomic E-state index is 0.0842. The van der Waals surface area contributed by atoms with E-state index in [2.05, 4.69) is 32.7 Å². The molecule has 0 radical (unpaired) electrons. The maximum Gasteiger partial charge on any atom is 0.196 e. The van der Waals surface area contributed by atoms with Gasteiger partial charge in [0.15, 0.2) is 16.8 Å². The summed E-state index contributed by atoms with van der Waals surface area (Å²) >= 11 is 1.41. The number of pyridine rings is 1. The van der Waals surface area contributed by atoms with E-state index in [-0.39, 0.29) is 11.5 Å². The van der Waals surface area contributed by atoms with E-state index in [0.717, 1.165) is 52.6 Å². The molecule has 0 saturated carbocycles. The van der Waals surface area contributed by atoms with Crippen LogP contribution in [0.2, 0.25) is 0 Å². The van der Waals surface area contributed by atoms with Gasteiger partial charge < -0.3 is 9.30 Å². The lowest BCUT2D eigenvalue weighted by Crippen LogP contribution is -2.09. The summed E-state index contributed by atoms with van der Waals surface area (Å²) in [6, 6.07) is 13.9. The second-order valence-corrected chi connectivity index (χ2v) is 9.10. The first-order valence-electron chi connectivity index (χ1n) is 11.2. The number of carbonyl (C=O) groups excluding carboxylic acids is 1. The van der Waals surface area contributed by atoms with Crippen LogP contribution in [0, 0.1) is 20.8 Å². The first kappa shape index (κ1) is 23.9. The van der Waals surface area contributed by atoms with Gasteiger partial charge in [-0.1, -0.05) is 30.0 Å². The summed E-state index contributed by atoms with van der Waals surface area (Å²) in [5.41, 5.74) is 5.86. The molecule has 0 N–H and O–H groups in total. The quantitative estimate of drug-likeness (QED) is 0.181. The molecular formula is C26H29N5O2S. The molecule has 4 aromatic rings. The summed E-state index contributed by atoms with van der Waals surface area (Å²) in [7, 11) is 1.71. The van der Waals surface area contributed by atoms with Crippen molar-refractivity contribution in [1.82, 2.24) is 24.3 Å². The molecule has 8 heteroatoms. The third-order valence-electron chi connectivity index (χ3n) is 5.86. The standard InChI is InChI=1S/C26H29N5O2S/c1-18-8-5-6-9-23(18)31-25(21-10-12-27-13-11-21)28-29-26(31)34-17-24(32)22-16-19(2)30(20(22)3)14-7-15-33-4/h5-6,8-13,16H,7,14-15,17H2,1-4H3. The van der Waals surface area contributed by atoms with Crippen LogP contribution in [0.4, 0.5) is 0 Å². The predicted molar refractivity (Wildman–Crippen MR) is 135 cm³/mol. The number of nitrogens with zero attached hydrogens (tertiary/aromatic N) is 5. The Hall–Kier alpha value is -3.23. The molecule has 1 aromatic carbocycles. The number of benzene rings is 1. The molecule has 3 heterocycles. The highest BCUT2D eigenvalue weighted by Crippen LogP contribution is 2.30. The van der Waals surface area contributed by atoms with Crippen molar-refractivity contribution in [2.75, 3.05) is 19.5 Å². The van der Waals surface area contributed by atoms with Crippen LogP contribution in [0.1, 0.15) is 33.7 Å². The Bertz CT molecular complexity index is 1280. The number of para-hydroxylation sites is 1. The average molecular weight is 476 g/mol. The van der Waals surface area contributed by atoms with Crippen molar-refractivity contribution in [3.8, 4) is 17.1 Å². The van der Waals surface area contributed by atoms with Crippen molar-refractivity contribution < 1.29 is 9.53 Å². The first-order chi connectivity index (χ1) is 16.5. The van der Waals surface area contributed by atoms with Crippen LogP contribution in [-0.2, 0) is 11.3 Å². The molecule has 7 nitrogen and oxygen atoms in total. The van der Waals surface area contributed by atoms with E-state index in [1.807, 2.05) is 54.8 Å². The van der Waals surface area contributed by atoms with E-state index in [4.69, 9.17) is 4.74 Å². The van der Waals surface area contributed by atoms with Crippen molar-refractivity contribution in [2.45, 2.75) is 38.9 Å². The number of rotatable bonds is 10. The number of methoxy groups -OCH3 is 1. The predicted octanol–water partition coefficient (Wildman–Crippen LogP) is 5.07. The first-order valence-corrected chi connectivity index (χ1v) is 12.2. The summed E-state index contributed by atoms with van der Waals surface area (Å²) < 4.78 is 9.39.